The number of para-hydroxylation sites is 1. The lowest BCUT2D eigenvalue weighted by Gasteiger charge is -2.20. The first kappa shape index (κ1) is 18.3. The van der Waals surface area contributed by atoms with Gasteiger partial charge in [0.15, 0.2) is 5.69 Å². The molecule has 8 heteroatoms. The average Bonchev–Trinajstić information content (AvgIpc) is 2.73. The molecule has 0 unspecified atom stereocenters. The summed E-state index contributed by atoms with van der Waals surface area (Å²) >= 11 is 0. The number of fused-ring (bicyclic) bond motifs is 1. The molecule has 0 aliphatic carbocycles. The standard InChI is InChI=1S/C21H17N5O3/c1-13-24-17-6-4-3-5-16(17)20(25-13)26(2)14-7-9-15(10-8-14)29-19-12-22-18(11-23-19)21(27)28/h3-12H,1-2H3,(H,27,28). The number of carboxylic acids is 1. The Morgan fingerprint density at radius 2 is 1.76 bits per heavy atom. The minimum Gasteiger partial charge on any atom is -0.476 e. The molecule has 0 fully saturated rings. The van der Waals surface area contributed by atoms with Crippen molar-refractivity contribution in [1.82, 2.24) is 19.9 Å². The van der Waals surface area contributed by atoms with E-state index in [1.165, 1.54) is 6.20 Å². The zero-order valence-corrected chi connectivity index (χ0v) is 15.8. The van der Waals surface area contributed by atoms with Crippen LogP contribution in [-0.2, 0) is 0 Å². The van der Waals surface area contributed by atoms with E-state index >= 15 is 0 Å². The number of anilines is 2. The second kappa shape index (κ2) is 7.51. The summed E-state index contributed by atoms with van der Waals surface area (Å²) in [6.45, 7) is 1.87. The average molecular weight is 387 g/mol. The highest BCUT2D eigenvalue weighted by molar-refractivity contribution is 5.91. The second-order valence-electron chi connectivity index (χ2n) is 6.31. The molecule has 2 heterocycles. The molecule has 0 aliphatic rings. The zero-order chi connectivity index (χ0) is 20.4. The Morgan fingerprint density at radius 1 is 1.00 bits per heavy atom. The summed E-state index contributed by atoms with van der Waals surface area (Å²) in [6.07, 6.45) is 2.43. The first-order valence-corrected chi connectivity index (χ1v) is 8.81. The van der Waals surface area contributed by atoms with Crippen LogP contribution < -0.4 is 9.64 Å². The molecule has 4 aromatic rings. The first-order valence-electron chi connectivity index (χ1n) is 8.81. The van der Waals surface area contributed by atoms with Crippen LogP contribution in [0.15, 0.2) is 60.9 Å². The smallest absolute Gasteiger partial charge is 0.356 e. The third kappa shape index (κ3) is 3.81. The lowest BCUT2D eigenvalue weighted by molar-refractivity contribution is 0.0690. The van der Waals surface area contributed by atoms with Crippen LogP contribution in [0.5, 0.6) is 11.6 Å². The quantitative estimate of drug-likeness (QED) is 0.549. The number of carboxylic acid groups (broad SMARTS) is 1. The van der Waals surface area contributed by atoms with E-state index in [0.717, 1.165) is 28.6 Å². The SMILES string of the molecule is Cc1nc(N(C)c2ccc(Oc3cnc(C(=O)O)cn3)cc2)c2ccccc2n1. The zero-order valence-electron chi connectivity index (χ0n) is 15.8. The molecule has 0 bridgehead atoms. The Balaban J connectivity index is 1.57. The van der Waals surface area contributed by atoms with Gasteiger partial charge in [0.25, 0.3) is 0 Å². The predicted molar refractivity (Wildman–Crippen MR) is 108 cm³/mol. The number of carbonyl (C=O) groups is 1. The lowest BCUT2D eigenvalue weighted by atomic mass is 10.2. The van der Waals surface area contributed by atoms with Gasteiger partial charge in [0.05, 0.1) is 17.9 Å². The van der Waals surface area contributed by atoms with Crippen LogP contribution in [0.2, 0.25) is 0 Å². The highest BCUT2D eigenvalue weighted by Crippen LogP contribution is 2.30. The van der Waals surface area contributed by atoms with Crippen molar-refractivity contribution in [2.24, 2.45) is 0 Å². The number of benzene rings is 2. The molecule has 8 nitrogen and oxygen atoms in total. The largest absolute Gasteiger partial charge is 0.476 e. The van der Waals surface area contributed by atoms with Crippen molar-refractivity contribution < 1.29 is 14.6 Å². The molecular formula is C21H17N5O3. The van der Waals surface area contributed by atoms with Crippen molar-refractivity contribution in [3.05, 3.63) is 72.4 Å². The van der Waals surface area contributed by atoms with Crippen LogP contribution in [0.25, 0.3) is 10.9 Å². The van der Waals surface area contributed by atoms with Gasteiger partial charge in [-0.2, -0.15) is 0 Å². The number of rotatable bonds is 5. The molecule has 2 aromatic carbocycles. The highest BCUT2D eigenvalue weighted by Gasteiger charge is 2.12. The summed E-state index contributed by atoms with van der Waals surface area (Å²) in [7, 11) is 1.94. The van der Waals surface area contributed by atoms with Crippen molar-refractivity contribution in [3.8, 4) is 11.6 Å². The highest BCUT2D eigenvalue weighted by atomic mass is 16.5. The van der Waals surface area contributed by atoms with Gasteiger partial charge < -0.3 is 14.7 Å². The van der Waals surface area contributed by atoms with Crippen molar-refractivity contribution in [1.29, 1.82) is 0 Å². The fraction of sp³-hybridized carbons (Fsp3) is 0.0952. The van der Waals surface area contributed by atoms with E-state index in [9.17, 15) is 4.79 Å². The molecule has 0 radical (unpaired) electrons. The van der Waals surface area contributed by atoms with Crippen LogP contribution >= 0.6 is 0 Å². The number of nitrogens with zero attached hydrogens (tertiary/aromatic N) is 5. The number of hydrogen-bond donors (Lipinski definition) is 1. The molecule has 1 N–H and O–H groups in total. The second-order valence-corrected chi connectivity index (χ2v) is 6.31. The van der Waals surface area contributed by atoms with Crippen LogP contribution in [-0.4, -0.2) is 38.1 Å². The van der Waals surface area contributed by atoms with E-state index in [0.29, 0.717) is 11.6 Å². The van der Waals surface area contributed by atoms with Gasteiger partial charge in [0.1, 0.15) is 17.4 Å². The molecule has 144 valence electrons. The third-order valence-corrected chi connectivity index (χ3v) is 4.31. The Labute approximate surface area is 166 Å². The van der Waals surface area contributed by atoms with E-state index < -0.39 is 5.97 Å². The van der Waals surface area contributed by atoms with Gasteiger partial charge in [0, 0.05) is 18.1 Å². The Bertz CT molecular complexity index is 1180. The van der Waals surface area contributed by atoms with Crippen LogP contribution in [0.4, 0.5) is 11.5 Å². The number of aromatic carboxylic acids is 1. The molecule has 4 rings (SSSR count). The summed E-state index contributed by atoms with van der Waals surface area (Å²) in [5, 5.41) is 9.84. The number of aryl methyl sites for hydroxylation is 1. The molecule has 0 spiro atoms. The number of hydrogen-bond acceptors (Lipinski definition) is 7. The topological polar surface area (TPSA) is 101 Å². The normalized spacial score (nSPS) is 10.7. The molecular weight excluding hydrogens is 370 g/mol. The van der Waals surface area contributed by atoms with Gasteiger partial charge in [0.2, 0.25) is 5.88 Å². The van der Waals surface area contributed by atoms with Gasteiger partial charge in [-0.1, -0.05) is 12.1 Å². The fourth-order valence-corrected chi connectivity index (χ4v) is 2.89. The predicted octanol–water partition coefficient (Wildman–Crippen LogP) is 3.99. The molecule has 0 aliphatic heterocycles. The van der Waals surface area contributed by atoms with Gasteiger partial charge in [-0.15, -0.1) is 0 Å². The minimum absolute atomic E-state index is 0.137. The minimum atomic E-state index is -1.14. The molecule has 0 amide bonds. The molecule has 0 saturated heterocycles. The van der Waals surface area contributed by atoms with Crippen molar-refractivity contribution in [2.75, 3.05) is 11.9 Å². The van der Waals surface area contributed by atoms with Crippen molar-refractivity contribution >= 4 is 28.4 Å². The maximum Gasteiger partial charge on any atom is 0.356 e. The van der Waals surface area contributed by atoms with E-state index in [2.05, 4.69) is 19.9 Å². The molecule has 0 atom stereocenters. The maximum absolute atomic E-state index is 10.8. The van der Waals surface area contributed by atoms with E-state index in [1.807, 2.05) is 55.3 Å². The molecule has 29 heavy (non-hydrogen) atoms. The summed E-state index contributed by atoms with van der Waals surface area (Å²) in [4.78, 5) is 29.7. The van der Waals surface area contributed by atoms with Crippen LogP contribution in [0, 0.1) is 6.92 Å². The Hall–Kier alpha value is -4.07. The summed E-state index contributed by atoms with van der Waals surface area (Å²) in [5.41, 5.74) is 1.68. The molecule has 2 aromatic heterocycles. The Morgan fingerprint density at radius 3 is 2.45 bits per heavy atom. The van der Waals surface area contributed by atoms with Crippen molar-refractivity contribution in [2.45, 2.75) is 6.92 Å². The van der Waals surface area contributed by atoms with E-state index in [1.54, 1.807) is 12.1 Å². The van der Waals surface area contributed by atoms with Gasteiger partial charge in [-0.3, -0.25) is 0 Å². The van der Waals surface area contributed by atoms with Crippen LogP contribution in [0.1, 0.15) is 16.3 Å². The first-order chi connectivity index (χ1) is 14.0. The summed E-state index contributed by atoms with van der Waals surface area (Å²) < 4.78 is 5.63. The van der Waals surface area contributed by atoms with Crippen molar-refractivity contribution in [3.63, 3.8) is 0 Å². The van der Waals surface area contributed by atoms with Gasteiger partial charge in [-0.05, 0) is 43.3 Å². The molecule has 0 saturated carbocycles. The van der Waals surface area contributed by atoms with Crippen LogP contribution in [0.3, 0.4) is 0 Å². The van der Waals surface area contributed by atoms with Gasteiger partial charge >= 0.3 is 5.97 Å². The summed E-state index contributed by atoms with van der Waals surface area (Å²) in [5.74, 6) is 1.16. The monoisotopic (exact) mass is 387 g/mol. The maximum atomic E-state index is 10.8. The van der Waals surface area contributed by atoms with E-state index in [4.69, 9.17) is 9.84 Å². The fourth-order valence-electron chi connectivity index (χ4n) is 2.89. The summed E-state index contributed by atoms with van der Waals surface area (Å²) in [6, 6.07) is 15.3. The third-order valence-electron chi connectivity index (χ3n) is 4.31. The number of ether oxygens (including phenoxy) is 1. The van der Waals surface area contributed by atoms with Gasteiger partial charge in [-0.25, -0.2) is 24.7 Å². The Kier molecular flexibility index (Phi) is 4.74. The lowest BCUT2D eigenvalue weighted by Crippen LogP contribution is -2.12. The number of aromatic nitrogens is 4. The van der Waals surface area contributed by atoms with E-state index in [-0.39, 0.29) is 11.6 Å².